The minimum Gasteiger partial charge on any atom is -0.379 e. The molecule has 9 heteroatoms. The van der Waals surface area contributed by atoms with Crippen molar-refractivity contribution in [3.63, 3.8) is 0 Å². The molecule has 2 heterocycles. The van der Waals surface area contributed by atoms with Crippen LogP contribution in [0.5, 0.6) is 0 Å². The molecule has 2 aliphatic heterocycles. The molecule has 0 spiro atoms. The second kappa shape index (κ2) is 11.3. The number of hydrogen-bond acceptors (Lipinski definition) is 5. The van der Waals surface area contributed by atoms with Crippen LogP contribution >= 0.6 is 24.0 Å². The predicted molar refractivity (Wildman–Crippen MR) is 123 cm³/mol. The van der Waals surface area contributed by atoms with Crippen molar-refractivity contribution in [2.45, 2.75) is 19.5 Å². The molecule has 1 aromatic carbocycles. The molecule has 28 heavy (non-hydrogen) atoms. The highest BCUT2D eigenvalue weighted by Gasteiger charge is 2.27. The molecule has 0 aliphatic carbocycles. The van der Waals surface area contributed by atoms with E-state index < -0.39 is 9.84 Å². The maximum absolute atomic E-state index is 11.6. The fraction of sp³-hybridized carbons (Fsp3) is 0.632. The average Bonchev–Trinajstić information content (AvgIpc) is 3.03. The molecule has 2 saturated heterocycles. The summed E-state index contributed by atoms with van der Waals surface area (Å²) in [5.74, 6) is 1.46. The number of benzene rings is 1. The third-order valence-electron chi connectivity index (χ3n) is 5.17. The number of aliphatic imine (C=N–C) groups is 1. The van der Waals surface area contributed by atoms with Crippen molar-refractivity contribution < 1.29 is 13.2 Å². The lowest BCUT2D eigenvalue weighted by Crippen LogP contribution is -2.40. The minimum absolute atomic E-state index is 0. The van der Waals surface area contributed by atoms with E-state index in [-0.39, 0.29) is 35.6 Å². The first-order valence-electron chi connectivity index (χ1n) is 9.57. The fourth-order valence-corrected chi connectivity index (χ4v) is 5.42. The Labute approximate surface area is 185 Å². The number of nitrogens with zero attached hydrogens (tertiary/aromatic N) is 2. The van der Waals surface area contributed by atoms with Crippen LogP contribution in [0, 0.1) is 5.92 Å². The fourth-order valence-electron chi connectivity index (χ4n) is 3.56. The minimum atomic E-state index is -2.84. The molecule has 1 unspecified atom stereocenters. The first kappa shape index (κ1) is 23.4. The second-order valence-electron chi connectivity index (χ2n) is 7.23. The standard InChI is InChI=1S/C19H30N4O3S.HI/c1-20-19(21-12-16-6-11-27(24,25)15-16)22-13-17-4-2-3-5-18(17)14-23-7-9-26-10-8-23;/h2-5,16H,6-15H2,1H3,(H2,20,21,22);1H. The molecule has 1 atom stereocenters. The van der Waals surface area contributed by atoms with Crippen molar-refractivity contribution in [3.8, 4) is 0 Å². The molecule has 158 valence electrons. The van der Waals surface area contributed by atoms with Crippen molar-refractivity contribution in [1.29, 1.82) is 0 Å². The summed E-state index contributed by atoms with van der Waals surface area (Å²) in [5.41, 5.74) is 2.56. The lowest BCUT2D eigenvalue weighted by atomic mass is 10.1. The van der Waals surface area contributed by atoms with Gasteiger partial charge in [0.25, 0.3) is 0 Å². The summed E-state index contributed by atoms with van der Waals surface area (Å²) in [6.07, 6.45) is 0.731. The van der Waals surface area contributed by atoms with Gasteiger partial charge in [-0.25, -0.2) is 8.42 Å². The van der Waals surface area contributed by atoms with Crippen LogP contribution in [0.25, 0.3) is 0 Å². The lowest BCUT2D eigenvalue weighted by molar-refractivity contribution is 0.0341. The Morgan fingerprint density at radius 1 is 1.21 bits per heavy atom. The van der Waals surface area contributed by atoms with E-state index in [9.17, 15) is 8.42 Å². The van der Waals surface area contributed by atoms with E-state index in [1.807, 2.05) is 0 Å². The van der Waals surface area contributed by atoms with Crippen molar-refractivity contribution >= 4 is 39.8 Å². The monoisotopic (exact) mass is 522 g/mol. The molecule has 0 radical (unpaired) electrons. The Morgan fingerprint density at radius 3 is 2.57 bits per heavy atom. The van der Waals surface area contributed by atoms with Crippen molar-refractivity contribution in [2.75, 3.05) is 51.4 Å². The Kier molecular flexibility index (Phi) is 9.45. The number of halogens is 1. The van der Waals surface area contributed by atoms with E-state index in [4.69, 9.17) is 4.74 Å². The first-order chi connectivity index (χ1) is 13.1. The van der Waals surface area contributed by atoms with Gasteiger partial charge in [0.15, 0.2) is 15.8 Å². The van der Waals surface area contributed by atoms with E-state index in [0.717, 1.165) is 39.3 Å². The number of morpholine rings is 1. The Bertz CT molecular complexity index is 751. The molecule has 1 aromatic rings. The third-order valence-corrected chi connectivity index (χ3v) is 7.01. The molecule has 0 amide bonds. The van der Waals surface area contributed by atoms with Gasteiger partial charge < -0.3 is 15.4 Å². The number of sulfone groups is 1. The summed E-state index contributed by atoms with van der Waals surface area (Å²) in [6.45, 7) is 5.77. The summed E-state index contributed by atoms with van der Waals surface area (Å²) in [4.78, 5) is 6.68. The molecule has 2 N–H and O–H groups in total. The predicted octanol–water partition coefficient (Wildman–Crippen LogP) is 1.24. The highest BCUT2D eigenvalue weighted by molar-refractivity contribution is 14.0. The van der Waals surface area contributed by atoms with Gasteiger partial charge in [0.2, 0.25) is 0 Å². The van der Waals surface area contributed by atoms with Crippen LogP contribution in [0.4, 0.5) is 0 Å². The smallest absolute Gasteiger partial charge is 0.191 e. The van der Waals surface area contributed by atoms with Gasteiger partial charge in [0, 0.05) is 39.8 Å². The second-order valence-corrected chi connectivity index (χ2v) is 9.46. The van der Waals surface area contributed by atoms with E-state index in [0.29, 0.717) is 24.8 Å². The Balaban J connectivity index is 0.00000280. The molecule has 7 nitrogen and oxygen atoms in total. The number of guanidine groups is 1. The van der Waals surface area contributed by atoms with Crippen LogP contribution < -0.4 is 10.6 Å². The number of nitrogens with one attached hydrogen (secondary N) is 2. The zero-order valence-electron chi connectivity index (χ0n) is 16.4. The lowest BCUT2D eigenvalue weighted by Gasteiger charge is -2.27. The first-order valence-corrected chi connectivity index (χ1v) is 11.4. The van der Waals surface area contributed by atoms with Crippen LogP contribution in [-0.4, -0.2) is 70.7 Å². The molecular weight excluding hydrogens is 491 g/mol. The largest absolute Gasteiger partial charge is 0.379 e. The van der Waals surface area contributed by atoms with Crippen molar-refractivity contribution in [3.05, 3.63) is 35.4 Å². The van der Waals surface area contributed by atoms with Crippen molar-refractivity contribution in [1.82, 2.24) is 15.5 Å². The van der Waals surface area contributed by atoms with Gasteiger partial charge in [-0.1, -0.05) is 24.3 Å². The molecule has 0 saturated carbocycles. The van der Waals surface area contributed by atoms with Crippen LogP contribution in [0.1, 0.15) is 17.5 Å². The zero-order valence-corrected chi connectivity index (χ0v) is 19.5. The van der Waals surface area contributed by atoms with Crippen LogP contribution in [0.2, 0.25) is 0 Å². The summed E-state index contributed by atoms with van der Waals surface area (Å²) in [7, 11) is -1.10. The van der Waals surface area contributed by atoms with Gasteiger partial charge in [0.1, 0.15) is 0 Å². The van der Waals surface area contributed by atoms with Gasteiger partial charge in [0.05, 0.1) is 24.7 Å². The number of ether oxygens (including phenoxy) is 1. The normalized spacial score (nSPS) is 22.5. The summed E-state index contributed by atoms with van der Waals surface area (Å²) < 4.78 is 28.6. The summed E-state index contributed by atoms with van der Waals surface area (Å²) >= 11 is 0. The molecule has 0 aromatic heterocycles. The highest BCUT2D eigenvalue weighted by atomic mass is 127. The number of rotatable bonds is 6. The maximum Gasteiger partial charge on any atom is 0.191 e. The highest BCUT2D eigenvalue weighted by Crippen LogP contribution is 2.17. The van der Waals surface area contributed by atoms with Crippen LogP contribution in [-0.2, 0) is 27.7 Å². The zero-order chi connectivity index (χ0) is 19.1. The van der Waals surface area contributed by atoms with Crippen molar-refractivity contribution in [2.24, 2.45) is 10.9 Å². The van der Waals surface area contributed by atoms with E-state index in [1.54, 1.807) is 7.05 Å². The topological polar surface area (TPSA) is 83.0 Å². The quantitative estimate of drug-likeness (QED) is 0.333. The van der Waals surface area contributed by atoms with E-state index in [1.165, 1.54) is 11.1 Å². The SMILES string of the molecule is CN=C(NCc1ccccc1CN1CCOCC1)NCC1CCS(=O)(=O)C1.I. The summed E-state index contributed by atoms with van der Waals surface area (Å²) in [5, 5.41) is 6.62. The van der Waals surface area contributed by atoms with E-state index >= 15 is 0 Å². The molecule has 0 bridgehead atoms. The van der Waals surface area contributed by atoms with Crippen LogP contribution in [0.15, 0.2) is 29.3 Å². The van der Waals surface area contributed by atoms with Gasteiger partial charge in [-0.15, -0.1) is 24.0 Å². The molecule has 3 rings (SSSR count). The van der Waals surface area contributed by atoms with Crippen LogP contribution in [0.3, 0.4) is 0 Å². The van der Waals surface area contributed by atoms with E-state index in [2.05, 4.69) is 44.8 Å². The summed E-state index contributed by atoms with van der Waals surface area (Å²) in [6, 6.07) is 8.44. The Morgan fingerprint density at radius 2 is 1.93 bits per heavy atom. The maximum atomic E-state index is 11.6. The molecule has 2 fully saturated rings. The van der Waals surface area contributed by atoms with Gasteiger partial charge in [-0.2, -0.15) is 0 Å². The Hall–Kier alpha value is -0.910. The van der Waals surface area contributed by atoms with Gasteiger partial charge in [-0.05, 0) is 23.5 Å². The molecule has 2 aliphatic rings. The van der Waals surface area contributed by atoms with Gasteiger partial charge in [-0.3, -0.25) is 9.89 Å². The number of hydrogen-bond donors (Lipinski definition) is 2. The average molecular weight is 522 g/mol. The third kappa shape index (κ3) is 7.16. The molecular formula is C19H31IN4O3S. The van der Waals surface area contributed by atoms with Gasteiger partial charge >= 0.3 is 0 Å².